The lowest BCUT2D eigenvalue weighted by atomic mass is 9.82. The number of hydrogen-bond acceptors (Lipinski definition) is 5. The van der Waals surface area contributed by atoms with Crippen LogP contribution in [0.1, 0.15) is 30.0 Å². The van der Waals surface area contributed by atoms with Crippen molar-refractivity contribution in [1.29, 1.82) is 0 Å². The Morgan fingerprint density at radius 3 is 2.55 bits per heavy atom. The van der Waals surface area contributed by atoms with E-state index in [2.05, 4.69) is 42.5 Å². The van der Waals surface area contributed by atoms with Gasteiger partial charge in [-0.25, -0.2) is 0 Å². The van der Waals surface area contributed by atoms with Crippen molar-refractivity contribution in [2.45, 2.75) is 56.7 Å². The minimum absolute atomic E-state index is 0.0184. The van der Waals surface area contributed by atoms with Crippen LogP contribution < -0.4 is 20.1 Å². The van der Waals surface area contributed by atoms with Crippen LogP contribution in [0.3, 0.4) is 0 Å². The largest absolute Gasteiger partial charge is 0.497 e. The SMILES string of the molecule is COc1ccc([Si](C)(C)[C@@H]2[C@@H](CCO)O[C@]3(C(=O)N(Cc4cccc(NC(=O)Cc5c[nH]c6ccccc56)c4)c4ccccc43)[C@H]2C)cc1. The van der Waals surface area contributed by atoms with Gasteiger partial charge in [0.15, 0.2) is 5.60 Å². The van der Waals surface area contributed by atoms with E-state index < -0.39 is 13.7 Å². The second kappa shape index (κ2) is 13.0. The highest BCUT2D eigenvalue weighted by molar-refractivity contribution is 6.91. The Balaban J connectivity index is 1.15. The quantitative estimate of drug-likeness (QED) is 0.147. The van der Waals surface area contributed by atoms with Gasteiger partial charge in [-0.15, -0.1) is 0 Å². The van der Waals surface area contributed by atoms with E-state index in [1.165, 1.54) is 5.19 Å². The molecule has 5 aromatic rings. The van der Waals surface area contributed by atoms with Crippen LogP contribution >= 0.6 is 0 Å². The van der Waals surface area contributed by atoms with Gasteiger partial charge in [0.05, 0.1) is 39.9 Å². The first-order valence-electron chi connectivity index (χ1n) is 17.0. The highest BCUT2D eigenvalue weighted by Crippen LogP contribution is 2.60. The van der Waals surface area contributed by atoms with E-state index in [0.29, 0.717) is 18.7 Å². The fourth-order valence-electron chi connectivity index (χ4n) is 8.41. The number of para-hydroxylation sites is 2. The number of aliphatic hydroxyl groups is 1. The zero-order chi connectivity index (χ0) is 34.3. The lowest BCUT2D eigenvalue weighted by molar-refractivity contribution is -0.146. The Kier molecular flexibility index (Phi) is 8.68. The number of aromatic nitrogens is 1. The summed E-state index contributed by atoms with van der Waals surface area (Å²) >= 11 is 0. The minimum atomic E-state index is -2.25. The predicted octanol–water partition coefficient (Wildman–Crippen LogP) is 6.50. The molecular weight excluding hydrogens is 631 g/mol. The standard InChI is InChI=1S/C40H43N3O5Si/c1-26-38(49(3,4)31-18-16-30(47-2)17-19-31)36(20-21-44)48-40(26)33-13-6-8-15-35(33)43(39(40)46)25-27-10-9-11-29(22-27)42-37(45)23-28-24-41-34-14-7-5-12-32(28)34/h5-19,22,24,26,36,38,41,44H,20-21,23,25H2,1-4H3,(H,42,45)/t26-,36+,38-,40+/m0/s1. The van der Waals surface area contributed by atoms with Crippen molar-refractivity contribution in [2.24, 2.45) is 5.92 Å². The van der Waals surface area contributed by atoms with Gasteiger partial charge in [0.2, 0.25) is 5.91 Å². The van der Waals surface area contributed by atoms with Crippen LogP contribution in [0.5, 0.6) is 5.75 Å². The molecule has 252 valence electrons. The van der Waals surface area contributed by atoms with E-state index in [4.69, 9.17) is 9.47 Å². The fraction of sp³-hybridized carbons (Fsp3) is 0.300. The molecular formula is C40H43N3O5Si. The first kappa shape index (κ1) is 32.8. The molecule has 0 bridgehead atoms. The van der Waals surface area contributed by atoms with Crippen LogP contribution in [0, 0.1) is 5.92 Å². The summed E-state index contributed by atoms with van der Waals surface area (Å²) in [5, 5.41) is 15.5. The van der Waals surface area contributed by atoms with Gasteiger partial charge in [0, 0.05) is 40.9 Å². The number of nitrogens with zero attached hydrogens (tertiary/aromatic N) is 1. The maximum absolute atomic E-state index is 14.9. The summed E-state index contributed by atoms with van der Waals surface area (Å²) in [4.78, 5) is 33.0. The number of carbonyl (C=O) groups excluding carboxylic acids is 2. The summed E-state index contributed by atoms with van der Waals surface area (Å²) < 4.78 is 12.4. The van der Waals surface area contributed by atoms with Crippen molar-refractivity contribution in [3.05, 3.63) is 120 Å². The molecule has 1 fully saturated rings. The molecule has 3 heterocycles. The molecule has 0 saturated carbocycles. The van der Waals surface area contributed by atoms with Gasteiger partial charge in [-0.3, -0.25) is 9.59 Å². The van der Waals surface area contributed by atoms with Crippen molar-refractivity contribution in [1.82, 2.24) is 4.98 Å². The Morgan fingerprint density at radius 1 is 1.02 bits per heavy atom. The number of rotatable bonds is 10. The molecule has 4 atom stereocenters. The first-order valence-corrected chi connectivity index (χ1v) is 20.0. The van der Waals surface area contributed by atoms with Gasteiger partial charge in [-0.1, -0.05) is 85.9 Å². The van der Waals surface area contributed by atoms with Crippen LogP contribution in [0.2, 0.25) is 18.6 Å². The molecule has 9 heteroatoms. The Labute approximate surface area is 288 Å². The van der Waals surface area contributed by atoms with E-state index in [-0.39, 0.29) is 42.4 Å². The van der Waals surface area contributed by atoms with Gasteiger partial charge in [-0.2, -0.15) is 0 Å². The van der Waals surface area contributed by atoms with Crippen LogP contribution in [-0.4, -0.2) is 49.8 Å². The van der Waals surface area contributed by atoms with Crippen LogP contribution in [-0.2, 0) is 32.9 Å². The number of fused-ring (bicyclic) bond motifs is 3. The Morgan fingerprint density at radius 2 is 1.78 bits per heavy atom. The van der Waals surface area contributed by atoms with Crippen LogP contribution in [0.15, 0.2) is 103 Å². The van der Waals surface area contributed by atoms with Crippen LogP contribution in [0.4, 0.5) is 11.4 Å². The van der Waals surface area contributed by atoms with Gasteiger partial charge in [0.1, 0.15) is 5.75 Å². The van der Waals surface area contributed by atoms with Crippen molar-refractivity contribution < 1.29 is 24.2 Å². The average Bonchev–Trinajstić information content (AvgIpc) is 3.72. The van der Waals surface area contributed by atoms with E-state index in [9.17, 15) is 14.7 Å². The number of methoxy groups -OCH3 is 1. The summed E-state index contributed by atoms with van der Waals surface area (Å²) in [7, 11) is -0.587. The molecule has 0 aliphatic carbocycles. The maximum Gasteiger partial charge on any atom is 0.264 e. The number of ether oxygens (including phenoxy) is 2. The summed E-state index contributed by atoms with van der Waals surface area (Å²) in [6.45, 7) is 7.14. The van der Waals surface area contributed by atoms with E-state index in [1.807, 2.05) is 96.0 Å². The van der Waals surface area contributed by atoms with Gasteiger partial charge in [0.25, 0.3) is 5.91 Å². The number of amides is 2. The number of carbonyl (C=O) groups is 2. The molecule has 49 heavy (non-hydrogen) atoms. The number of aromatic amines is 1. The summed E-state index contributed by atoms with van der Waals surface area (Å²) in [5.74, 6) is 0.476. The smallest absolute Gasteiger partial charge is 0.264 e. The van der Waals surface area contributed by atoms with Gasteiger partial charge < -0.3 is 29.8 Å². The molecule has 2 aliphatic rings. The summed E-state index contributed by atoms with van der Waals surface area (Å²) in [5.41, 5.74) is 4.13. The molecule has 0 unspecified atom stereocenters. The van der Waals surface area contributed by atoms with Crippen molar-refractivity contribution in [3.8, 4) is 5.75 Å². The zero-order valence-corrected chi connectivity index (χ0v) is 29.4. The lowest BCUT2D eigenvalue weighted by Crippen LogP contribution is -2.51. The van der Waals surface area contributed by atoms with Crippen molar-refractivity contribution >= 4 is 47.4 Å². The van der Waals surface area contributed by atoms with Gasteiger partial charge >= 0.3 is 0 Å². The minimum Gasteiger partial charge on any atom is -0.497 e. The third-order valence-corrected chi connectivity index (χ3v) is 15.1. The molecule has 3 N–H and O–H groups in total. The number of benzene rings is 4. The molecule has 7 rings (SSSR count). The van der Waals surface area contributed by atoms with Crippen molar-refractivity contribution in [2.75, 3.05) is 23.9 Å². The molecule has 1 aromatic heterocycles. The predicted molar refractivity (Wildman–Crippen MR) is 196 cm³/mol. The van der Waals surface area contributed by atoms with E-state index in [0.717, 1.165) is 39.0 Å². The molecule has 2 amide bonds. The first-order chi connectivity index (χ1) is 23.7. The normalized spacial score (nSPS) is 21.8. The van der Waals surface area contributed by atoms with Crippen LogP contribution in [0.25, 0.3) is 10.9 Å². The topological polar surface area (TPSA) is 104 Å². The lowest BCUT2D eigenvalue weighted by Gasteiger charge is -2.37. The second-order valence-electron chi connectivity index (χ2n) is 13.9. The van der Waals surface area contributed by atoms with Crippen molar-refractivity contribution in [3.63, 3.8) is 0 Å². The zero-order valence-electron chi connectivity index (χ0n) is 28.4. The van der Waals surface area contributed by atoms with E-state index in [1.54, 1.807) is 7.11 Å². The summed E-state index contributed by atoms with van der Waals surface area (Å²) in [6, 6.07) is 31.9. The van der Waals surface area contributed by atoms with Gasteiger partial charge in [-0.05, 0) is 59.5 Å². The number of nitrogens with one attached hydrogen (secondary N) is 2. The molecule has 2 aliphatic heterocycles. The maximum atomic E-state index is 14.9. The third kappa shape index (κ3) is 5.65. The number of anilines is 2. The Hall–Kier alpha value is -4.70. The fourth-order valence-corrected chi connectivity index (χ4v) is 12.5. The molecule has 0 radical (unpaired) electrons. The second-order valence-corrected chi connectivity index (χ2v) is 18.5. The number of aliphatic hydroxyl groups excluding tert-OH is 1. The molecule has 1 saturated heterocycles. The molecule has 8 nitrogen and oxygen atoms in total. The average molecular weight is 674 g/mol. The third-order valence-electron chi connectivity index (χ3n) is 10.7. The Bertz CT molecular complexity index is 2010. The number of hydrogen-bond donors (Lipinski definition) is 3. The highest BCUT2D eigenvalue weighted by Gasteiger charge is 2.66. The van der Waals surface area contributed by atoms with E-state index >= 15 is 0 Å². The highest BCUT2D eigenvalue weighted by atomic mass is 28.3. The summed E-state index contributed by atoms with van der Waals surface area (Å²) in [6.07, 6.45) is 2.31. The molecule has 1 spiro atoms. The number of H-pyrrole nitrogens is 1. The monoisotopic (exact) mass is 673 g/mol. The molecule has 4 aromatic carbocycles.